The van der Waals surface area contributed by atoms with Gasteiger partial charge in [-0.2, -0.15) is 5.26 Å². The van der Waals surface area contributed by atoms with Crippen LogP contribution in [0.5, 0.6) is 11.5 Å². The van der Waals surface area contributed by atoms with E-state index < -0.39 is 6.04 Å². The van der Waals surface area contributed by atoms with E-state index in [0.29, 0.717) is 56.3 Å². The number of thiazole rings is 1. The number of carbonyl (C=O) groups is 1. The summed E-state index contributed by atoms with van der Waals surface area (Å²) in [5.74, 6) is 0.918. The average Bonchev–Trinajstić information content (AvgIpc) is 3.30. The highest BCUT2D eigenvalue weighted by Gasteiger charge is 2.35. The minimum absolute atomic E-state index is 0.121. The molecule has 9 heteroatoms. The number of allylic oxidation sites excluding steroid dienone is 1. The maximum atomic E-state index is 14.2. The third-order valence-corrected chi connectivity index (χ3v) is 8.22. The van der Waals surface area contributed by atoms with Gasteiger partial charge in [0.25, 0.3) is 11.5 Å². The molecule has 4 aromatic rings. The van der Waals surface area contributed by atoms with Gasteiger partial charge in [-0.1, -0.05) is 59.9 Å². The SMILES string of the molecule is CCN(CC)C(=O)C1=C(C)N=c2s/c(=C/c3c(OCC#N)ccc4ccccc34)c(=O)n2[C@H]1c1ccccc1OC. The number of likely N-dealkylation sites (N-methyl/N-ethyl adjacent to an activating group) is 1. The summed E-state index contributed by atoms with van der Waals surface area (Å²) in [6.45, 7) is 6.62. The molecule has 0 saturated carbocycles. The van der Waals surface area contributed by atoms with Crippen LogP contribution >= 0.6 is 11.3 Å². The Kier molecular flexibility index (Phi) is 8.04. The first-order valence-corrected chi connectivity index (χ1v) is 14.2. The van der Waals surface area contributed by atoms with Crippen molar-refractivity contribution in [1.29, 1.82) is 5.26 Å². The molecule has 0 fully saturated rings. The van der Waals surface area contributed by atoms with Gasteiger partial charge < -0.3 is 14.4 Å². The molecule has 41 heavy (non-hydrogen) atoms. The van der Waals surface area contributed by atoms with E-state index in [1.165, 1.54) is 11.3 Å². The zero-order valence-corrected chi connectivity index (χ0v) is 24.2. The van der Waals surface area contributed by atoms with Gasteiger partial charge in [0.05, 0.1) is 22.9 Å². The van der Waals surface area contributed by atoms with Crippen LogP contribution < -0.4 is 24.4 Å². The summed E-state index contributed by atoms with van der Waals surface area (Å²) in [7, 11) is 1.58. The molecular weight excluding hydrogens is 536 g/mol. The van der Waals surface area contributed by atoms with E-state index in [1.807, 2.05) is 87.5 Å². The lowest BCUT2D eigenvalue weighted by molar-refractivity contribution is -0.127. The molecule has 1 aliphatic rings. The lowest BCUT2D eigenvalue weighted by atomic mass is 9.94. The molecular formula is C32H30N4O4S. The Morgan fingerprint density at radius 2 is 1.83 bits per heavy atom. The lowest BCUT2D eigenvalue weighted by Gasteiger charge is -2.29. The van der Waals surface area contributed by atoms with Gasteiger partial charge in [-0.15, -0.1) is 0 Å². The fourth-order valence-electron chi connectivity index (χ4n) is 5.25. The number of benzene rings is 3. The fraction of sp³-hybridized carbons (Fsp3) is 0.250. The Balaban J connectivity index is 1.80. The summed E-state index contributed by atoms with van der Waals surface area (Å²) in [6.07, 6.45) is 1.80. The highest BCUT2D eigenvalue weighted by Crippen LogP contribution is 2.36. The number of ether oxygens (including phenoxy) is 2. The number of fused-ring (bicyclic) bond motifs is 2. The van der Waals surface area contributed by atoms with Crippen molar-refractivity contribution in [2.24, 2.45) is 4.99 Å². The van der Waals surface area contributed by atoms with Crippen LogP contribution in [0.3, 0.4) is 0 Å². The largest absolute Gasteiger partial charge is 0.496 e. The number of para-hydroxylation sites is 1. The smallest absolute Gasteiger partial charge is 0.271 e. The summed E-state index contributed by atoms with van der Waals surface area (Å²) in [5.41, 5.74) is 2.14. The molecule has 1 aromatic heterocycles. The number of methoxy groups -OCH3 is 1. The summed E-state index contributed by atoms with van der Waals surface area (Å²) in [6, 6.07) is 20.3. The second-order valence-corrected chi connectivity index (χ2v) is 10.5. The molecule has 0 radical (unpaired) electrons. The minimum atomic E-state index is -0.723. The Hall–Kier alpha value is -4.68. The first-order chi connectivity index (χ1) is 19.9. The summed E-state index contributed by atoms with van der Waals surface area (Å²) >= 11 is 1.25. The van der Waals surface area contributed by atoms with Crippen LogP contribution in [0.25, 0.3) is 16.8 Å². The van der Waals surface area contributed by atoms with Gasteiger partial charge in [-0.3, -0.25) is 14.2 Å². The number of nitrogens with zero attached hydrogens (tertiary/aromatic N) is 4. The van der Waals surface area contributed by atoms with Crippen LogP contribution in [0, 0.1) is 11.3 Å². The average molecular weight is 567 g/mol. The quantitative estimate of drug-likeness (QED) is 0.319. The first kappa shape index (κ1) is 27.9. The molecule has 5 rings (SSSR count). The molecule has 0 bridgehead atoms. The highest BCUT2D eigenvalue weighted by atomic mass is 32.1. The van der Waals surface area contributed by atoms with Gasteiger partial charge in [0.1, 0.15) is 23.6 Å². The van der Waals surface area contributed by atoms with Gasteiger partial charge in [0.2, 0.25) is 0 Å². The first-order valence-electron chi connectivity index (χ1n) is 13.4. The minimum Gasteiger partial charge on any atom is -0.496 e. The van der Waals surface area contributed by atoms with E-state index in [9.17, 15) is 9.59 Å². The molecule has 8 nitrogen and oxygen atoms in total. The van der Waals surface area contributed by atoms with Crippen LogP contribution in [0.4, 0.5) is 0 Å². The zero-order chi connectivity index (χ0) is 29.1. The predicted molar refractivity (Wildman–Crippen MR) is 160 cm³/mol. The molecule has 1 atom stereocenters. The number of hydrogen-bond donors (Lipinski definition) is 0. The number of aromatic nitrogens is 1. The van der Waals surface area contributed by atoms with Gasteiger partial charge in [0.15, 0.2) is 11.4 Å². The van der Waals surface area contributed by atoms with Gasteiger partial charge in [0, 0.05) is 24.2 Å². The second-order valence-electron chi connectivity index (χ2n) is 9.45. The molecule has 3 aromatic carbocycles. The van der Waals surface area contributed by atoms with Crippen molar-refractivity contribution in [1.82, 2.24) is 9.47 Å². The second kappa shape index (κ2) is 11.8. The van der Waals surface area contributed by atoms with Crippen LogP contribution in [-0.4, -0.2) is 42.2 Å². The number of hydrogen-bond acceptors (Lipinski definition) is 7. The predicted octanol–water partition coefficient (Wildman–Crippen LogP) is 4.17. The monoisotopic (exact) mass is 566 g/mol. The Morgan fingerprint density at radius 3 is 2.56 bits per heavy atom. The van der Waals surface area contributed by atoms with Crippen LogP contribution in [0.2, 0.25) is 0 Å². The van der Waals surface area contributed by atoms with E-state index in [1.54, 1.807) is 22.7 Å². The standard InChI is InChI=1S/C32H30N4O4S/c1-5-35(6-2)31(38)28-20(3)34-32-36(29(28)23-13-9-10-14-25(23)39-4)30(37)27(41-32)19-24-22-12-8-7-11-21(22)15-16-26(24)40-18-17-33/h7-16,19,29H,5-6,18H2,1-4H3/b27-19+/t29-/m0/s1. The summed E-state index contributed by atoms with van der Waals surface area (Å²) < 4.78 is 13.5. The third kappa shape index (κ3) is 5.03. The van der Waals surface area contributed by atoms with E-state index in [-0.39, 0.29) is 18.1 Å². The number of amides is 1. The Bertz CT molecular complexity index is 1890. The molecule has 0 saturated heterocycles. The number of nitriles is 1. The molecule has 1 aliphatic heterocycles. The number of rotatable bonds is 8. The summed E-state index contributed by atoms with van der Waals surface area (Å²) in [5, 5.41) is 11.0. The van der Waals surface area contributed by atoms with Crippen molar-refractivity contribution >= 4 is 34.1 Å². The van der Waals surface area contributed by atoms with Crippen molar-refractivity contribution < 1.29 is 14.3 Å². The van der Waals surface area contributed by atoms with Gasteiger partial charge in [-0.25, -0.2) is 4.99 Å². The van der Waals surface area contributed by atoms with E-state index in [4.69, 9.17) is 19.7 Å². The van der Waals surface area contributed by atoms with E-state index in [2.05, 4.69) is 0 Å². The van der Waals surface area contributed by atoms with Crippen LogP contribution in [0.1, 0.15) is 37.9 Å². The summed E-state index contributed by atoms with van der Waals surface area (Å²) in [4.78, 5) is 35.1. The van der Waals surface area contributed by atoms with E-state index >= 15 is 0 Å². The Morgan fingerprint density at radius 1 is 1.10 bits per heavy atom. The van der Waals surface area contributed by atoms with Crippen molar-refractivity contribution in [2.45, 2.75) is 26.8 Å². The third-order valence-electron chi connectivity index (χ3n) is 7.23. The lowest BCUT2D eigenvalue weighted by Crippen LogP contribution is -2.43. The maximum Gasteiger partial charge on any atom is 0.271 e. The van der Waals surface area contributed by atoms with Crippen LogP contribution in [-0.2, 0) is 4.79 Å². The molecule has 0 N–H and O–H groups in total. The van der Waals surface area contributed by atoms with Crippen LogP contribution in [0.15, 0.2) is 81.7 Å². The highest BCUT2D eigenvalue weighted by molar-refractivity contribution is 7.07. The van der Waals surface area contributed by atoms with Crippen molar-refractivity contribution in [3.8, 4) is 17.6 Å². The van der Waals surface area contributed by atoms with Crippen molar-refractivity contribution in [2.75, 3.05) is 26.8 Å². The Labute approximate surface area is 241 Å². The molecule has 0 spiro atoms. The maximum absolute atomic E-state index is 14.2. The topological polar surface area (TPSA) is 96.9 Å². The zero-order valence-electron chi connectivity index (χ0n) is 23.4. The molecule has 0 unspecified atom stereocenters. The van der Waals surface area contributed by atoms with E-state index in [0.717, 1.165) is 10.8 Å². The normalized spacial score (nSPS) is 14.8. The van der Waals surface area contributed by atoms with Crippen molar-refractivity contribution in [3.63, 3.8) is 0 Å². The van der Waals surface area contributed by atoms with Crippen molar-refractivity contribution in [3.05, 3.63) is 103 Å². The fourth-order valence-corrected chi connectivity index (χ4v) is 6.28. The number of carbonyl (C=O) groups excluding carboxylic acids is 1. The molecule has 0 aliphatic carbocycles. The molecule has 2 heterocycles. The van der Waals surface area contributed by atoms with Gasteiger partial charge >= 0.3 is 0 Å². The molecule has 208 valence electrons. The molecule has 1 amide bonds. The van der Waals surface area contributed by atoms with Gasteiger partial charge in [-0.05, 0) is 49.8 Å².